The van der Waals surface area contributed by atoms with E-state index >= 15 is 0 Å². The summed E-state index contributed by atoms with van der Waals surface area (Å²) in [6, 6.07) is 12.0. The highest BCUT2D eigenvalue weighted by Crippen LogP contribution is 2.40. The van der Waals surface area contributed by atoms with Gasteiger partial charge in [-0.3, -0.25) is 3.97 Å². The number of aromatic nitrogens is 1. The van der Waals surface area contributed by atoms with Gasteiger partial charge in [-0.05, 0) is 63.2 Å². The molecule has 30 heavy (non-hydrogen) atoms. The van der Waals surface area contributed by atoms with Gasteiger partial charge in [0.2, 0.25) is 0 Å². The fraction of sp³-hybridized carbons (Fsp3) is 0.217. The lowest BCUT2D eigenvalue weighted by Crippen LogP contribution is -2.18. The van der Waals surface area contributed by atoms with Gasteiger partial charge >= 0.3 is 0 Å². The summed E-state index contributed by atoms with van der Waals surface area (Å²) in [5.74, 6) is 0.0987. The van der Waals surface area contributed by atoms with Gasteiger partial charge in [0.05, 0.1) is 19.4 Å². The predicted molar refractivity (Wildman–Crippen MR) is 128 cm³/mol. The number of allylic oxidation sites excluding steroid dienone is 3. The molecule has 0 aliphatic rings. The normalized spacial score (nSPS) is 14.2. The SMILES string of the molecule is C/C=C\C=C/CS(=O)n1c(C)c(P(OCC)c2ccc(F)cc2)c2cc(Cl)ccc21. The van der Waals surface area contributed by atoms with E-state index in [2.05, 4.69) is 0 Å². The Morgan fingerprint density at radius 1 is 1.20 bits per heavy atom. The Bertz CT molecular complexity index is 1110. The summed E-state index contributed by atoms with van der Waals surface area (Å²) in [6.45, 7) is 6.33. The molecule has 0 bridgehead atoms. The number of halogens is 2. The van der Waals surface area contributed by atoms with Crippen LogP contribution in [0.3, 0.4) is 0 Å². The van der Waals surface area contributed by atoms with E-state index in [4.69, 9.17) is 16.1 Å². The van der Waals surface area contributed by atoms with Gasteiger partial charge in [-0.1, -0.05) is 35.9 Å². The maximum absolute atomic E-state index is 13.5. The largest absolute Gasteiger partial charge is 0.350 e. The first kappa shape index (κ1) is 22.9. The Kier molecular flexibility index (Phi) is 8.01. The smallest absolute Gasteiger partial charge is 0.128 e. The van der Waals surface area contributed by atoms with Crippen LogP contribution in [0.1, 0.15) is 19.5 Å². The molecule has 1 heterocycles. The topological polar surface area (TPSA) is 31.2 Å². The van der Waals surface area contributed by atoms with Crippen LogP contribution in [0, 0.1) is 12.7 Å². The second kappa shape index (κ2) is 10.5. The summed E-state index contributed by atoms with van der Waals surface area (Å²) in [5, 5.41) is 3.37. The Labute approximate surface area is 185 Å². The first-order chi connectivity index (χ1) is 14.5. The molecule has 0 spiro atoms. The van der Waals surface area contributed by atoms with Crippen molar-refractivity contribution in [1.82, 2.24) is 3.97 Å². The fourth-order valence-corrected chi connectivity index (χ4v) is 6.69. The van der Waals surface area contributed by atoms with Crippen LogP contribution in [-0.4, -0.2) is 20.5 Å². The van der Waals surface area contributed by atoms with Crippen LogP contribution in [0.2, 0.25) is 5.02 Å². The highest BCUT2D eigenvalue weighted by atomic mass is 35.5. The Hall–Kier alpha value is -1.78. The Morgan fingerprint density at radius 2 is 1.93 bits per heavy atom. The Balaban J connectivity index is 2.18. The molecule has 158 valence electrons. The van der Waals surface area contributed by atoms with Crippen molar-refractivity contribution in [1.29, 1.82) is 0 Å². The van der Waals surface area contributed by atoms with Crippen LogP contribution in [0.15, 0.2) is 66.8 Å². The van der Waals surface area contributed by atoms with E-state index in [0.717, 1.165) is 27.2 Å². The molecule has 3 aromatic rings. The van der Waals surface area contributed by atoms with E-state index in [1.165, 1.54) is 12.1 Å². The Morgan fingerprint density at radius 3 is 2.60 bits per heavy atom. The number of benzene rings is 2. The van der Waals surface area contributed by atoms with Crippen LogP contribution in [0.5, 0.6) is 0 Å². The molecule has 7 heteroatoms. The number of hydrogen-bond acceptors (Lipinski definition) is 2. The van der Waals surface area contributed by atoms with Crippen molar-refractivity contribution in [2.75, 3.05) is 12.4 Å². The molecule has 3 nitrogen and oxygen atoms in total. The molecular formula is C23H24ClFNO2PS. The maximum Gasteiger partial charge on any atom is 0.128 e. The van der Waals surface area contributed by atoms with Gasteiger partial charge < -0.3 is 4.52 Å². The van der Waals surface area contributed by atoms with Crippen LogP contribution in [-0.2, 0) is 15.5 Å². The lowest BCUT2D eigenvalue weighted by Gasteiger charge is -2.18. The zero-order chi connectivity index (χ0) is 21.7. The lowest BCUT2D eigenvalue weighted by molar-refractivity contribution is 0.388. The van der Waals surface area contributed by atoms with Crippen molar-refractivity contribution in [2.24, 2.45) is 0 Å². The van der Waals surface area contributed by atoms with Gasteiger partial charge in [-0.2, -0.15) is 0 Å². The zero-order valence-electron chi connectivity index (χ0n) is 17.1. The van der Waals surface area contributed by atoms with Gasteiger partial charge in [0.25, 0.3) is 0 Å². The first-order valence-corrected chi connectivity index (χ1v) is 12.5. The van der Waals surface area contributed by atoms with Crippen molar-refractivity contribution in [2.45, 2.75) is 20.8 Å². The molecule has 0 saturated heterocycles. The first-order valence-electron chi connectivity index (χ1n) is 9.63. The van der Waals surface area contributed by atoms with Gasteiger partial charge in [0.15, 0.2) is 0 Å². The van der Waals surface area contributed by atoms with Crippen molar-refractivity contribution in [3.05, 3.63) is 83.3 Å². The molecule has 2 atom stereocenters. The summed E-state index contributed by atoms with van der Waals surface area (Å²) >= 11 is 6.31. The molecule has 0 aliphatic carbocycles. The fourth-order valence-electron chi connectivity index (χ4n) is 3.24. The van der Waals surface area contributed by atoms with E-state index in [9.17, 15) is 8.60 Å². The standard InChI is InChI=1S/C23H24ClFNO2PS/c1-4-6-7-8-15-30(27)26-17(3)23(21-16-18(24)9-14-22(21)26)29(28-5-2)20-12-10-19(25)11-13-20/h4,6-14,16H,5,15H2,1-3H3/b6-4-,8-7-. The van der Waals surface area contributed by atoms with Crippen LogP contribution in [0.4, 0.5) is 4.39 Å². The second-order valence-electron chi connectivity index (χ2n) is 6.52. The average Bonchev–Trinajstić information content (AvgIpc) is 3.01. The molecule has 1 aromatic heterocycles. The molecule has 0 aliphatic heterocycles. The average molecular weight is 464 g/mol. The molecule has 0 N–H and O–H groups in total. The van der Waals surface area contributed by atoms with E-state index < -0.39 is 19.1 Å². The number of rotatable bonds is 8. The third-order valence-corrected chi connectivity index (χ3v) is 8.33. The van der Waals surface area contributed by atoms with Crippen LogP contribution in [0.25, 0.3) is 10.9 Å². The summed E-state index contributed by atoms with van der Waals surface area (Å²) < 4.78 is 34.7. The van der Waals surface area contributed by atoms with Gasteiger partial charge in [0.1, 0.15) is 16.8 Å². The highest BCUT2D eigenvalue weighted by Gasteiger charge is 2.26. The van der Waals surface area contributed by atoms with Crippen molar-refractivity contribution < 1.29 is 13.1 Å². The van der Waals surface area contributed by atoms with E-state index in [-0.39, 0.29) is 5.82 Å². The van der Waals surface area contributed by atoms with Crippen LogP contribution >= 0.6 is 19.7 Å². The maximum atomic E-state index is 13.5. The van der Waals surface area contributed by atoms with Crippen LogP contribution < -0.4 is 10.6 Å². The molecule has 0 amide bonds. The number of nitrogens with zero attached hydrogens (tertiary/aromatic N) is 1. The van der Waals surface area contributed by atoms with E-state index in [1.807, 2.05) is 61.2 Å². The molecule has 0 saturated carbocycles. The number of fused-ring (bicyclic) bond motifs is 1. The van der Waals surface area contributed by atoms with Crippen molar-refractivity contribution >= 4 is 52.2 Å². The molecule has 0 fully saturated rings. The minimum Gasteiger partial charge on any atom is -0.350 e. The summed E-state index contributed by atoms with van der Waals surface area (Å²) in [6.07, 6.45) is 7.62. The second-order valence-corrected chi connectivity index (χ2v) is 10.1. The zero-order valence-corrected chi connectivity index (χ0v) is 19.6. The summed E-state index contributed by atoms with van der Waals surface area (Å²) in [7, 11) is -2.52. The quantitative estimate of drug-likeness (QED) is 0.313. The lowest BCUT2D eigenvalue weighted by atomic mass is 10.2. The summed E-state index contributed by atoms with van der Waals surface area (Å²) in [5.41, 5.74) is 1.72. The van der Waals surface area contributed by atoms with Crippen molar-refractivity contribution in [3.63, 3.8) is 0 Å². The molecule has 2 unspecified atom stereocenters. The summed E-state index contributed by atoms with van der Waals surface area (Å²) in [4.78, 5) is 0. The van der Waals surface area contributed by atoms with E-state index in [1.54, 1.807) is 18.2 Å². The minimum atomic E-state index is -1.29. The third kappa shape index (κ3) is 4.92. The predicted octanol–water partition coefficient (Wildman–Crippen LogP) is 5.77. The molecular weight excluding hydrogens is 440 g/mol. The monoisotopic (exact) mass is 463 g/mol. The molecule has 0 radical (unpaired) electrons. The minimum absolute atomic E-state index is 0.290. The highest BCUT2D eigenvalue weighted by molar-refractivity contribution is 7.83. The van der Waals surface area contributed by atoms with Gasteiger partial charge in [-0.25, -0.2) is 8.60 Å². The molecule has 3 rings (SSSR count). The van der Waals surface area contributed by atoms with Gasteiger partial charge in [-0.15, -0.1) is 0 Å². The van der Waals surface area contributed by atoms with Crippen molar-refractivity contribution in [3.8, 4) is 0 Å². The van der Waals surface area contributed by atoms with Gasteiger partial charge in [0, 0.05) is 33.3 Å². The third-order valence-electron chi connectivity index (χ3n) is 4.48. The molecule has 2 aromatic carbocycles. The number of hydrogen-bond donors (Lipinski definition) is 0. The van der Waals surface area contributed by atoms with E-state index in [0.29, 0.717) is 17.4 Å².